The van der Waals surface area contributed by atoms with Crippen LogP contribution in [0.4, 0.5) is 13.2 Å². The number of aromatic nitrogens is 1. The van der Waals surface area contributed by atoms with Crippen molar-refractivity contribution in [3.05, 3.63) is 72.0 Å². The summed E-state index contributed by atoms with van der Waals surface area (Å²) in [6.45, 7) is 0. The van der Waals surface area contributed by atoms with E-state index in [0.29, 0.717) is 5.69 Å². The molecule has 3 aromatic carbocycles. The van der Waals surface area contributed by atoms with Crippen LogP contribution in [-0.2, 0) is 0 Å². The Balaban J connectivity index is 1.98. The number of H-pyrrole nitrogens is 1. The van der Waals surface area contributed by atoms with Gasteiger partial charge in [0.1, 0.15) is 0 Å². The Hall–Kier alpha value is -2.75. The fourth-order valence-corrected chi connectivity index (χ4v) is 2.75. The van der Waals surface area contributed by atoms with Crippen LogP contribution in [0, 0.1) is 17.5 Å². The van der Waals surface area contributed by atoms with E-state index in [2.05, 4.69) is 4.98 Å². The zero-order chi connectivity index (χ0) is 15.3. The summed E-state index contributed by atoms with van der Waals surface area (Å²) in [7, 11) is 0. The minimum absolute atomic E-state index is 0.275. The molecule has 0 atom stereocenters. The smallest absolute Gasteiger partial charge is 0.194 e. The van der Waals surface area contributed by atoms with Crippen LogP contribution in [0.5, 0.6) is 0 Å². The normalized spacial score (nSPS) is 11.4. The van der Waals surface area contributed by atoms with E-state index >= 15 is 0 Å². The Morgan fingerprint density at radius 2 is 1.45 bits per heavy atom. The third kappa shape index (κ3) is 1.88. The van der Waals surface area contributed by atoms with Gasteiger partial charge in [0.2, 0.25) is 0 Å². The molecule has 0 saturated carbocycles. The van der Waals surface area contributed by atoms with Crippen molar-refractivity contribution in [1.82, 2.24) is 4.98 Å². The van der Waals surface area contributed by atoms with Gasteiger partial charge in [0.15, 0.2) is 17.5 Å². The number of benzene rings is 3. The Morgan fingerprint density at radius 3 is 2.23 bits per heavy atom. The number of hydrogen-bond acceptors (Lipinski definition) is 0. The Bertz CT molecular complexity index is 994. The monoisotopic (exact) mass is 297 g/mol. The first-order valence-electron chi connectivity index (χ1n) is 6.79. The second kappa shape index (κ2) is 4.63. The van der Waals surface area contributed by atoms with Gasteiger partial charge in [-0.05, 0) is 35.0 Å². The molecule has 0 bridgehead atoms. The Labute approximate surface area is 124 Å². The maximum atomic E-state index is 13.4. The zero-order valence-electron chi connectivity index (χ0n) is 11.3. The van der Waals surface area contributed by atoms with Crippen molar-refractivity contribution in [2.45, 2.75) is 0 Å². The number of nitrogens with one attached hydrogen (secondary N) is 1. The molecule has 0 unspecified atom stereocenters. The van der Waals surface area contributed by atoms with Crippen molar-refractivity contribution >= 4 is 21.7 Å². The Kier molecular flexibility index (Phi) is 2.73. The molecule has 0 radical (unpaired) electrons. The molecule has 108 valence electrons. The van der Waals surface area contributed by atoms with Crippen LogP contribution in [0.15, 0.2) is 54.6 Å². The number of rotatable bonds is 1. The summed E-state index contributed by atoms with van der Waals surface area (Å²) in [6, 6.07) is 15.6. The molecule has 4 aromatic rings. The minimum Gasteiger partial charge on any atom is -0.355 e. The van der Waals surface area contributed by atoms with E-state index in [1.165, 1.54) is 0 Å². The molecular formula is C18H10F3N. The van der Waals surface area contributed by atoms with Crippen molar-refractivity contribution in [1.29, 1.82) is 0 Å². The van der Waals surface area contributed by atoms with Crippen molar-refractivity contribution in [2.24, 2.45) is 0 Å². The van der Waals surface area contributed by atoms with Gasteiger partial charge in [-0.1, -0.05) is 30.3 Å². The Morgan fingerprint density at radius 1 is 0.727 bits per heavy atom. The van der Waals surface area contributed by atoms with Crippen molar-refractivity contribution in [2.75, 3.05) is 0 Å². The van der Waals surface area contributed by atoms with Crippen LogP contribution in [0.25, 0.3) is 32.9 Å². The highest BCUT2D eigenvalue weighted by Crippen LogP contribution is 2.31. The number of aromatic amines is 1. The molecule has 1 aromatic heterocycles. The van der Waals surface area contributed by atoms with Crippen LogP contribution < -0.4 is 0 Å². The first-order chi connectivity index (χ1) is 10.6. The third-order valence-electron chi connectivity index (χ3n) is 3.82. The summed E-state index contributed by atoms with van der Waals surface area (Å²) < 4.78 is 39.9. The lowest BCUT2D eigenvalue weighted by molar-refractivity contribution is 0.447. The van der Waals surface area contributed by atoms with E-state index in [-0.39, 0.29) is 5.56 Å². The molecule has 1 nitrogen and oxygen atoms in total. The highest BCUT2D eigenvalue weighted by Gasteiger charge is 2.13. The lowest BCUT2D eigenvalue weighted by atomic mass is 10.1. The second-order valence-corrected chi connectivity index (χ2v) is 5.18. The zero-order valence-corrected chi connectivity index (χ0v) is 11.3. The van der Waals surface area contributed by atoms with Gasteiger partial charge < -0.3 is 4.98 Å². The second-order valence-electron chi connectivity index (χ2n) is 5.18. The fraction of sp³-hybridized carbons (Fsp3) is 0. The molecule has 4 rings (SSSR count). The molecule has 1 heterocycles. The summed E-state index contributed by atoms with van der Waals surface area (Å²) in [6.07, 6.45) is 0. The average Bonchev–Trinajstić information content (AvgIpc) is 2.96. The molecule has 1 N–H and O–H groups in total. The minimum atomic E-state index is -1.45. The quantitative estimate of drug-likeness (QED) is 0.452. The molecule has 22 heavy (non-hydrogen) atoms. The summed E-state index contributed by atoms with van der Waals surface area (Å²) >= 11 is 0. The first-order valence-corrected chi connectivity index (χ1v) is 6.79. The van der Waals surface area contributed by atoms with Crippen LogP contribution in [0.2, 0.25) is 0 Å². The van der Waals surface area contributed by atoms with Gasteiger partial charge in [-0.3, -0.25) is 0 Å². The summed E-state index contributed by atoms with van der Waals surface area (Å²) in [5.74, 6) is -3.85. The van der Waals surface area contributed by atoms with E-state index in [1.807, 2.05) is 42.5 Å². The number of fused-ring (bicyclic) bond motifs is 3. The van der Waals surface area contributed by atoms with Gasteiger partial charge in [0, 0.05) is 22.2 Å². The molecule has 0 aliphatic carbocycles. The molecule has 0 saturated heterocycles. The largest absolute Gasteiger partial charge is 0.355 e. The predicted molar refractivity (Wildman–Crippen MR) is 81.1 cm³/mol. The van der Waals surface area contributed by atoms with Gasteiger partial charge >= 0.3 is 0 Å². The lowest BCUT2D eigenvalue weighted by Crippen LogP contribution is -1.91. The maximum absolute atomic E-state index is 13.4. The van der Waals surface area contributed by atoms with Gasteiger partial charge in [0.25, 0.3) is 0 Å². The first kappa shape index (κ1) is 13.0. The van der Waals surface area contributed by atoms with E-state index in [4.69, 9.17) is 0 Å². The number of halogens is 3. The molecule has 0 fully saturated rings. The standard InChI is InChI=1S/C18H10F3N/c19-14-7-11(8-15(20)18(14)21)17-9-13-12-4-2-1-3-10(12)5-6-16(13)22-17/h1-9,22H. The molecule has 4 heteroatoms. The van der Waals surface area contributed by atoms with E-state index in [1.54, 1.807) is 0 Å². The average molecular weight is 297 g/mol. The van der Waals surface area contributed by atoms with E-state index < -0.39 is 17.5 Å². The molecule has 0 spiro atoms. The molecule has 0 amide bonds. The summed E-state index contributed by atoms with van der Waals surface area (Å²) in [4.78, 5) is 3.12. The van der Waals surface area contributed by atoms with Gasteiger partial charge in [0.05, 0.1) is 0 Å². The van der Waals surface area contributed by atoms with Crippen LogP contribution in [0.1, 0.15) is 0 Å². The van der Waals surface area contributed by atoms with E-state index in [0.717, 1.165) is 33.8 Å². The summed E-state index contributed by atoms with van der Waals surface area (Å²) in [5, 5.41) is 3.08. The topological polar surface area (TPSA) is 15.8 Å². The third-order valence-corrected chi connectivity index (χ3v) is 3.82. The lowest BCUT2D eigenvalue weighted by Gasteiger charge is -2.00. The summed E-state index contributed by atoms with van der Waals surface area (Å²) in [5.41, 5.74) is 1.68. The SMILES string of the molecule is Fc1cc(-c2cc3c(ccc4ccccc43)[nH]2)cc(F)c1F. The highest BCUT2D eigenvalue weighted by molar-refractivity contribution is 6.08. The van der Waals surface area contributed by atoms with E-state index in [9.17, 15) is 13.2 Å². The fourth-order valence-electron chi connectivity index (χ4n) is 2.75. The van der Waals surface area contributed by atoms with Crippen LogP contribution in [0.3, 0.4) is 0 Å². The predicted octanol–water partition coefficient (Wildman–Crippen LogP) is 5.41. The maximum Gasteiger partial charge on any atom is 0.194 e. The van der Waals surface area contributed by atoms with Gasteiger partial charge in [-0.15, -0.1) is 0 Å². The van der Waals surface area contributed by atoms with Crippen LogP contribution >= 0.6 is 0 Å². The molecule has 0 aliphatic heterocycles. The highest BCUT2D eigenvalue weighted by atomic mass is 19.2. The molecular weight excluding hydrogens is 287 g/mol. The van der Waals surface area contributed by atoms with Gasteiger partial charge in [-0.2, -0.15) is 0 Å². The van der Waals surface area contributed by atoms with Crippen molar-refractivity contribution in [3.8, 4) is 11.3 Å². The van der Waals surface area contributed by atoms with Crippen molar-refractivity contribution < 1.29 is 13.2 Å². The van der Waals surface area contributed by atoms with Crippen LogP contribution in [-0.4, -0.2) is 4.98 Å². The van der Waals surface area contributed by atoms with Crippen molar-refractivity contribution in [3.63, 3.8) is 0 Å². The van der Waals surface area contributed by atoms with Gasteiger partial charge in [-0.25, -0.2) is 13.2 Å². The molecule has 0 aliphatic rings. The number of hydrogen-bond donors (Lipinski definition) is 1.